The van der Waals surface area contributed by atoms with Crippen molar-refractivity contribution in [1.82, 2.24) is 5.32 Å². The van der Waals surface area contributed by atoms with Crippen molar-refractivity contribution in [1.29, 1.82) is 0 Å². The summed E-state index contributed by atoms with van der Waals surface area (Å²) in [7, 11) is 0. The summed E-state index contributed by atoms with van der Waals surface area (Å²) in [6.45, 7) is 1.60. The molecule has 35 heavy (non-hydrogen) atoms. The molecular weight excluding hydrogens is 549 g/mol. The highest BCUT2D eigenvalue weighted by molar-refractivity contribution is 5.87. The van der Waals surface area contributed by atoms with Crippen LogP contribution in [0.3, 0.4) is 0 Å². The van der Waals surface area contributed by atoms with Gasteiger partial charge in [-0.3, -0.25) is 5.32 Å². The van der Waals surface area contributed by atoms with Crippen LogP contribution >= 0.6 is 0 Å². The number of hydrogen-bond donors (Lipinski definition) is 1. The molecule has 0 spiro atoms. The van der Waals surface area contributed by atoms with Crippen LogP contribution in [0, 0.1) is 0 Å². The second-order valence-electron chi connectivity index (χ2n) is 6.86. The van der Waals surface area contributed by atoms with Crippen LogP contribution < -0.4 is 5.32 Å². The number of nitrogens with one attached hydrogen (secondary N) is 1. The first-order chi connectivity index (χ1) is 15.0. The molecule has 0 rings (SSSR count). The summed E-state index contributed by atoms with van der Waals surface area (Å²) in [5.41, 5.74) is -0.430. The predicted molar refractivity (Wildman–Crippen MR) is 79.1 cm³/mol. The molecule has 208 valence electrons. The van der Waals surface area contributed by atoms with Crippen LogP contribution in [-0.4, -0.2) is 66.4 Å². The maximum Gasteiger partial charge on any atom is 0.460 e. The van der Waals surface area contributed by atoms with Crippen LogP contribution in [-0.2, 0) is 9.53 Å². The molecule has 0 saturated heterocycles. The Morgan fingerprint density at radius 1 is 0.686 bits per heavy atom. The molecule has 0 bridgehead atoms. The highest BCUT2D eigenvalue weighted by Crippen LogP contribution is 2.63. The minimum absolute atomic E-state index is 0.430. The average molecular weight is 561 g/mol. The lowest BCUT2D eigenvalue weighted by Crippen LogP contribution is -2.75. The molecule has 0 aliphatic rings. The Morgan fingerprint density at radius 3 is 1.31 bits per heavy atom. The van der Waals surface area contributed by atoms with Crippen LogP contribution in [0.25, 0.3) is 0 Å². The largest absolute Gasteiger partial charge is 0.460 e. The average Bonchev–Trinajstić information content (AvgIpc) is 2.64. The van der Waals surface area contributed by atoms with Crippen LogP contribution in [0.15, 0.2) is 12.2 Å². The second-order valence-corrected chi connectivity index (χ2v) is 6.86. The highest BCUT2D eigenvalue weighted by Gasteiger charge is 2.95. The molecular formula is C15H12F17NO2. The summed E-state index contributed by atoms with van der Waals surface area (Å²) in [5.74, 6) is -58.3. The molecule has 0 saturated carbocycles. The third-order valence-corrected chi connectivity index (χ3v) is 4.03. The van der Waals surface area contributed by atoms with E-state index in [1.165, 1.54) is 0 Å². The Morgan fingerprint density at radius 2 is 1.00 bits per heavy atom. The maximum absolute atomic E-state index is 13.6. The number of ether oxygens (including phenoxy) is 1. The number of hydrogen-bond acceptors (Lipinski definition) is 3. The lowest BCUT2D eigenvalue weighted by molar-refractivity contribution is -0.461. The fourth-order valence-corrected chi connectivity index (χ4v) is 1.88. The summed E-state index contributed by atoms with van der Waals surface area (Å²) in [6.07, 6.45) is -9.91. The minimum atomic E-state index is -8.68. The molecule has 0 aliphatic heterocycles. The lowest BCUT2D eigenvalue weighted by Gasteiger charge is -2.42. The first-order valence-electron chi connectivity index (χ1n) is 8.28. The van der Waals surface area contributed by atoms with Gasteiger partial charge in [-0.05, 0) is 13.8 Å². The van der Waals surface area contributed by atoms with Gasteiger partial charge in [0.2, 0.25) is 0 Å². The van der Waals surface area contributed by atoms with E-state index >= 15 is 0 Å². The van der Waals surface area contributed by atoms with Crippen molar-refractivity contribution < 1.29 is 84.2 Å². The smallest absolute Gasteiger partial charge is 0.444 e. The number of rotatable bonds is 11. The molecule has 0 aromatic rings. The zero-order valence-corrected chi connectivity index (χ0v) is 16.7. The van der Waals surface area contributed by atoms with E-state index < -0.39 is 71.9 Å². The van der Waals surface area contributed by atoms with Crippen LogP contribution in [0.4, 0.5) is 74.6 Å². The van der Waals surface area contributed by atoms with Gasteiger partial charge in [-0.1, -0.05) is 6.58 Å². The standard InChI is InChI=1S/C15H12F17NO2/c1-5(2)7(34)35-6(3)33-4-8(16,17)9(18,19)10(20,21)11(22,23)12(24,25)13(26,27)14(28,29)15(30,31)32/h6,33H,1,4H2,2-3H3. The summed E-state index contributed by atoms with van der Waals surface area (Å²) >= 11 is 0. The summed E-state index contributed by atoms with van der Waals surface area (Å²) in [5, 5.41) is 1.05. The van der Waals surface area contributed by atoms with Crippen LogP contribution in [0.1, 0.15) is 13.8 Å². The number of halogens is 17. The highest BCUT2D eigenvalue weighted by atomic mass is 19.4. The zero-order valence-electron chi connectivity index (χ0n) is 16.7. The summed E-state index contributed by atoms with van der Waals surface area (Å²) in [6, 6.07) is 0. The Bertz CT molecular complexity index is 802. The van der Waals surface area contributed by atoms with Crippen molar-refractivity contribution in [3.8, 4) is 0 Å². The number of carbonyl (C=O) groups is 1. The topological polar surface area (TPSA) is 38.3 Å². The minimum Gasteiger partial charge on any atom is -0.444 e. The van der Waals surface area contributed by atoms with Crippen molar-refractivity contribution in [3.63, 3.8) is 0 Å². The van der Waals surface area contributed by atoms with Gasteiger partial charge in [0.15, 0.2) is 6.23 Å². The van der Waals surface area contributed by atoms with E-state index in [9.17, 15) is 79.4 Å². The van der Waals surface area contributed by atoms with Gasteiger partial charge in [0.05, 0.1) is 6.54 Å². The first kappa shape index (κ1) is 33.0. The number of carbonyl (C=O) groups excluding carboxylic acids is 1. The van der Waals surface area contributed by atoms with E-state index in [0.717, 1.165) is 12.2 Å². The Labute approximate surface area is 183 Å². The van der Waals surface area contributed by atoms with Crippen molar-refractivity contribution in [2.75, 3.05) is 6.54 Å². The van der Waals surface area contributed by atoms with Gasteiger partial charge < -0.3 is 4.74 Å². The van der Waals surface area contributed by atoms with Crippen molar-refractivity contribution in [3.05, 3.63) is 12.2 Å². The zero-order chi connectivity index (χ0) is 28.9. The van der Waals surface area contributed by atoms with Crippen LogP contribution in [0.5, 0.6) is 0 Å². The third kappa shape index (κ3) is 5.11. The molecule has 1 unspecified atom stereocenters. The maximum atomic E-state index is 13.6. The van der Waals surface area contributed by atoms with Gasteiger partial charge in [0.25, 0.3) is 0 Å². The van der Waals surface area contributed by atoms with Crippen molar-refractivity contribution in [2.45, 2.75) is 67.7 Å². The Balaban J connectivity index is 6.30. The quantitative estimate of drug-likeness (QED) is 0.145. The lowest BCUT2D eigenvalue weighted by atomic mass is 9.89. The fraction of sp³-hybridized carbons (Fsp3) is 0.800. The molecule has 3 nitrogen and oxygen atoms in total. The molecule has 0 amide bonds. The summed E-state index contributed by atoms with van der Waals surface area (Å²) < 4.78 is 227. The molecule has 1 N–H and O–H groups in total. The Hall–Kier alpha value is -2.02. The monoisotopic (exact) mass is 561 g/mol. The Kier molecular flexibility index (Phi) is 8.60. The van der Waals surface area contributed by atoms with Gasteiger partial charge in [0, 0.05) is 5.57 Å². The first-order valence-corrected chi connectivity index (χ1v) is 8.28. The number of esters is 1. The van der Waals surface area contributed by atoms with Gasteiger partial charge in [0.1, 0.15) is 0 Å². The van der Waals surface area contributed by atoms with E-state index in [1.807, 2.05) is 0 Å². The van der Waals surface area contributed by atoms with Crippen molar-refractivity contribution >= 4 is 5.97 Å². The second kappa shape index (κ2) is 9.13. The molecule has 0 aromatic carbocycles. The van der Waals surface area contributed by atoms with Gasteiger partial charge in [-0.15, -0.1) is 0 Å². The van der Waals surface area contributed by atoms with E-state index in [4.69, 9.17) is 0 Å². The van der Waals surface area contributed by atoms with Crippen LogP contribution in [0.2, 0.25) is 0 Å². The SMILES string of the molecule is C=C(C)C(=O)OC(C)NCC(F)(F)C(F)(F)C(F)(F)C(F)(F)C(F)(F)C(F)(F)C(F)(F)C(F)(F)F. The molecule has 20 heteroatoms. The normalized spacial score (nSPS) is 16.2. The number of alkyl halides is 17. The van der Waals surface area contributed by atoms with Crippen molar-refractivity contribution in [2.24, 2.45) is 0 Å². The van der Waals surface area contributed by atoms with E-state index in [0.29, 0.717) is 6.92 Å². The fourth-order valence-electron chi connectivity index (χ4n) is 1.88. The van der Waals surface area contributed by atoms with E-state index in [-0.39, 0.29) is 0 Å². The predicted octanol–water partition coefficient (Wildman–Crippen LogP) is 6.05. The van der Waals surface area contributed by atoms with Gasteiger partial charge >= 0.3 is 53.6 Å². The molecule has 0 radical (unpaired) electrons. The summed E-state index contributed by atoms with van der Waals surface area (Å²) in [4.78, 5) is 11.1. The molecule has 0 heterocycles. The molecule has 0 aromatic heterocycles. The molecule has 0 fully saturated rings. The molecule has 1 atom stereocenters. The molecule has 0 aliphatic carbocycles. The van der Waals surface area contributed by atoms with Gasteiger partial charge in [-0.25, -0.2) is 4.79 Å². The van der Waals surface area contributed by atoms with E-state index in [1.54, 1.807) is 0 Å². The third-order valence-electron chi connectivity index (χ3n) is 4.03. The van der Waals surface area contributed by atoms with Gasteiger partial charge in [-0.2, -0.15) is 74.6 Å². The van der Waals surface area contributed by atoms with E-state index in [2.05, 4.69) is 11.3 Å².